The van der Waals surface area contributed by atoms with Crippen molar-refractivity contribution in [3.05, 3.63) is 72.9 Å². The average molecular weight is 339 g/mol. The normalized spacial score (nSPS) is 24.8. The van der Waals surface area contributed by atoms with Gasteiger partial charge in [-0.15, -0.1) is 0 Å². The molecule has 1 aromatic rings. The molecule has 2 atom stereocenters. The summed E-state index contributed by atoms with van der Waals surface area (Å²) in [7, 11) is 0. The van der Waals surface area contributed by atoms with Gasteiger partial charge in [-0.05, 0) is 19.4 Å². The fourth-order valence-electron chi connectivity index (χ4n) is 3.28. The third-order valence-corrected chi connectivity index (χ3v) is 4.82. The molecule has 3 nitrogen and oxygen atoms in total. The predicted octanol–water partition coefficient (Wildman–Crippen LogP) is 4.02. The van der Waals surface area contributed by atoms with E-state index in [1.54, 1.807) is 12.2 Å². The van der Waals surface area contributed by atoms with E-state index in [1.165, 1.54) is 0 Å². The van der Waals surface area contributed by atoms with Crippen LogP contribution < -0.4 is 0 Å². The quantitative estimate of drug-likeness (QED) is 0.574. The molecule has 1 fully saturated rings. The van der Waals surface area contributed by atoms with Crippen molar-refractivity contribution in [3.63, 3.8) is 0 Å². The number of rotatable bonds is 8. The molecule has 134 valence electrons. The van der Waals surface area contributed by atoms with Gasteiger partial charge in [-0.3, -0.25) is 4.79 Å². The number of nitrogens with zero attached hydrogens (tertiary/aromatic N) is 1. The Kier molecular flexibility index (Phi) is 7.35. The van der Waals surface area contributed by atoms with Gasteiger partial charge in [-0.1, -0.05) is 80.6 Å². The summed E-state index contributed by atoms with van der Waals surface area (Å²) < 4.78 is 0. The average Bonchev–Trinajstić information content (AvgIpc) is 2.65. The molecule has 1 N–H and O–H groups in total. The summed E-state index contributed by atoms with van der Waals surface area (Å²) in [5.41, 5.74) is -0.445. The van der Waals surface area contributed by atoms with Crippen LogP contribution in [0.15, 0.2) is 67.3 Å². The number of Topliss-reactive ketones (excluding diaryl/α,β-unsaturated/α-hetero) is 1. The maximum Gasteiger partial charge on any atom is 0.170 e. The van der Waals surface area contributed by atoms with E-state index >= 15 is 0 Å². The van der Waals surface area contributed by atoms with Gasteiger partial charge >= 0.3 is 0 Å². The lowest BCUT2D eigenvalue weighted by molar-refractivity contribution is -0.0242. The molecule has 3 heteroatoms. The summed E-state index contributed by atoms with van der Waals surface area (Å²) in [6.07, 6.45) is 11.7. The van der Waals surface area contributed by atoms with Gasteiger partial charge in [0.2, 0.25) is 0 Å². The van der Waals surface area contributed by atoms with E-state index in [4.69, 9.17) is 0 Å². The van der Waals surface area contributed by atoms with Crippen LogP contribution in [-0.4, -0.2) is 41.0 Å². The molecule has 0 spiro atoms. The zero-order chi connectivity index (χ0) is 18.1. The molecule has 2 unspecified atom stereocenters. The Morgan fingerprint density at radius 2 is 2.08 bits per heavy atom. The fourth-order valence-corrected chi connectivity index (χ4v) is 3.28. The Hall–Kier alpha value is -1.97. The minimum absolute atomic E-state index is 0.0154. The smallest absolute Gasteiger partial charge is 0.170 e. The highest BCUT2D eigenvalue weighted by Crippen LogP contribution is 2.32. The van der Waals surface area contributed by atoms with Gasteiger partial charge < -0.3 is 10.0 Å². The van der Waals surface area contributed by atoms with Crippen LogP contribution in [0.2, 0.25) is 0 Å². The van der Waals surface area contributed by atoms with Crippen molar-refractivity contribution >= 4 is 5.78 Å². The lowest BCUT2D eigenvalue weighted by Gasteiger charge is -2.42. The predicted molar refractivity (Wildman–Crippen MR) is 104 cm³/mol. The Labute approximate surface area is 151 Å². The van der Waals surface area contributed by atoms with Gasteiger partial charge in [0.15, 0.2) is 5.78 Å². The topological polar surface area (TPSA) is 40.5 Å². The molecular weight excluding hydrogens is 310 g/mol. The van der Waals surface area contributed by atoms with E-state index < -0.39 is 11.5 Å². The van der Waals surface area contributed by atoms with Gasteiger partial charge in [0, 0.05) is 18.7 Å². The summed E-state index contributed by atoms with van der Waals surface area (Å²) in [4.78, 5) is 15.4. The van der Waals surface area contributed by atoms with E-state index in [0.717, 1.165) is 25.9 Å². The number of unbranched alkanes of at least 4 members (excludes halogenated alkanes) is 1. The van der Waals surface area contributed by atoms with Crippen LogP contribution in [0, 0.1) is 5.92 Å². The van der Waals surface area contributed by atoms with Crippen molar-refractivity contribution in [1.82, 2.24) is 4.90 Å². The highest BCUT2D eigenvalue weighted by molar-refractivity contribution is 5.99. The minimum Gasteiger partial charge on any atom is -0.385 e. The lowest BCUT2D eigenvalue weighted by Crippen LogP contribution is -2.54. The van der Waals surface area contributed by atoms with Crippen LogP contribution in [0.3, 0.4) is 0 Å². The number of benzene rings is 1. The number of piperidine rings is 1. The molecule has 0 radical (unpaired) electrons. The molecule has 1 aromatic carbocycles. The zero-order valence-electron chi connectivity index (χ0n) is 15.1. The summed E-state index contributed by atoms with van der Waals surface area (Å²) >= 11 is 0. The van der Waals surface area contributed by atoms with Crippen molar-refractivity contribution in [2.24, 2.45) is 5.92 Å². The van der Waals surface area contributed by atoms with Crippen molar-refractivity contribution in [1.29, 1.82) is 0 Å². The minimum atomic E-state index is -1.11. The van der Waals surface area contributed by atoms with E-state index in [9.17, 15) is 9.90 Å². The van der Waals surface area contributed by atoms with Crippen LogP contribution >= 0.6 is 0 Å². The molecule has 0 aliphatic carbocycles. The summed E-state index contributed by atoms with van der Waals surface area (Å²) in [6.45, 7) is 8.19. The lowest BCUT2D eigenvalue weighted by atomic mass is 9.76. The number of likely N-dealkylation sites (tertiary alicyclic amines) is 1. The van der Waals surface area contributed by atoms with Crippen LogP contribution in [0.1, 0.15) is 36.5 Å². The standard InChI is InChI=1S/C22H29NO2/c1-3-5-7-11-14-22(25)15-17-23(16-6-4-2)18-20(22)21(24)19-12-9-8-10-13-19/h3,5,7-14,20,25H,1,4,6,15-18H2,2H3/b7-5-,14-11-. The molecule has 1 aliphatic heterocycles. The second kappa shape index (κ2) is 9.50. The number of hydrogen-bond acceptors (Lipinski definition) is 3. The first kappa shape index (κ1) is 19.4. The van der Waals surface area contributed by atoms with Gasteiger partial charge in [-0.2, -0.15) is 0 Å². The number of carbonyl (C=O) groups is 1. The molecule has 25 heavy (non-hydrogen) atoms. The molecule has 2 rings (SSSR count). The Bertz CT molecular complexity index is 620. The van der Waals surface area contributed by atoms with Gasteiger partial charge in [0.05, 0.1) is 11.5 Å². The van der Waals surface area contributed by atoms with E-state index in [0.29, 0.717) is 18.5 Å². The first-order chi connectivity index (χ1) is 12.1. The van der Waals surface area contributed by atoms with Gasteiger partial charge in [0.1, 0.15) is 0 Å². The molecular formula is C22H29NO2. The first-order valence-corrected chi connectivity index (χ1v) is 9.11. The van der Waals surface area contributed by atoms with E-state index in [1.807, 2.05) is 48.6 Å². The zero-order valence-corrected chi connectivity index (χ0v) is 15.1. The maximum atomic E-state index is 13.1. The second-order valence-electron chi connectivity index (χ2n) is 6.66. The monoisotopic (exact) mass is 339 g/mol. The second-order valence-corrected chi connectivity index (χ2v) is 6.66. The number of carbonyl (C=O) groups excluding carboxylic acids is 1. The van der Waals surface area contributed by atoms with E-state index in [-0.39, 0.29) is 5.78 Å². The molecule has 0 bridgehead atoms. The van der Waals surface area contributed by atoms with Crippen LogP contribution in [0.25, 0.3) is 0 Å². The van der Waals surface area contributed by atoms with Crippen molar-refractivity contribution < 1.29 is 9.90 Å². The molecule has 1 saturated heterocycles. The van der Waals surface area contributed by atoms with Crippen molar-refractivity contribution in [2.45, 2.75) is 31.8 Å². The molecule has 0 aromatic heterocycles. The molecule has 0 saturated carbocycles. The van der Waals surface area contributed by atoms with Crippen LogP contribution in [-0.2, 0) is 0 Å². The molecule has 1 heterocycles. The maximum absolute atomic E-state index is 13.1. The first-order valence-electron chi connectivity index (χ1n) is 9.11. The molecule has 0 amide bonds. The third kappa shape index (κ3) is 5.25. The van der Waals surface area contributed by atoms with Gasteiger partial charge in [0.25, 0.3) is 0 Å². The number of hydrogen-bond donors (Lipinski definition) is 1. The fraction of sp³-hybridized carbons (Fsp3) is 0.409. The summed E-state index contributed by atoms with van der Waals surface area (Å²) in [5.74, 6) is -0.435. The third-order valence-electron chi connectivity index (χ3n) is 4.82. The Morgan fingerprint density at radius 1 is 1.32 bits per heavy atom. The Balaban J connectivity index is 2.24. The highest BCUT2D eigenvalue weighted by Gasteiger charge is 2.43. The van der Waals surface area contributed by atoms with Crippen molar-refractivity contribution in [3.8, 4) is 0 Å². The SMILES string of the molecule is C=C/C=C\C=C/C1(O)CCN(CCCC)CC1C(=O)c1ccccc1. The summed E-state index contributed by atoms with van der Waals surface area (Å²) in [5, 5.41) is 11.2. The Morgan fingerprint density at radius 3 is 2.76 bits per heavy atom. The highest BCUT2D eigenvalue weighted by atomic mass is 16.3. The number of aliphatic hydroxyl groups is 1. The van der Waals surface area contributed by atoms with Crippen LogP contribution in [0.4, 0.5) is 0 Å². The van der Waals surface area contributed by atoms with Crippen LogP contribution in [0.5, 0.6) is 0 Å². The van der Waals surface area contributed by atoms with Crippen molar-refractivity contribution in [2.75, 3.05) is 19.6 Å². The van der Waals surface area contributed by atoms with E-state index in [2.05, 4.69) is 18.4 Å². The number of allylic oxidation sites excluding steroid dienone is 4. The number of ketones is 1. The largest absolute Gasteiger partial charge is 0.385 e. The summed E-state index contributed by atoms with van der Waals surface area (Å²) in [6, 6.07) is 9.29. The molecule has 1 aliphatic rings. The van der Waals surface area contributed by atoms with Gasteiger partial charge in [-0.25, -0.2) is 0 Å².